The van der Waals surface area contributed by atoms with E-state index in [2.05, 4.69) is 14.6 Å². The average Bonchev–Trinajstić information content (AvgIpc) is 3.29. The highest BCUT2D eigenvalue weighted by Gasteiger charge is 2.31. The molecule has 1 fully saturated rings. The molecule has 2 amide bonds. The molecule has 164 valence electrons. The third-order valence-electron chi connectivity index (χ3n) is 5.65. The maximum atomic E-state index is 12.9. The lowest BCUT2D eigenvalue weighted by Crippen LogP contribution is -2.50. The summed E-state index contributed by atoms with van der Waals surface area (Å²) in [6.45, 7) is 2.02. The smallest absolute Gasteiger partial charge is 0.351 e. The van der Waals surface area contributed by atoms with E-state index < -0.39 is 17.8 Å². The van der Waals surface area contributed by atoms with Crippen LogP contribution in [0.5, 0.6) is 0 Å². The number of hydrogen-bond donors (Lipinski definition) is 1. The molecule has 3 heterocycles. The molecule has 5 rings (SSSR count). The first-order valence-electron chi connectivity index (χ1n) is 10.2. The van der Waals surface area contributed by atoms with Crippen molar-refractivity contribution < 1.29 is 18.0 Å². The SMILES string of the molecule is O=C(Nc1cccc(C(F)(F)F)c1)N1CCN(c2nc3ccccc3n3cccc23)CC1. The minimum atomic E-state index is -4.45. The predicted molar refractivity (Wildman–Crippen MR) is 117 cm³/mol. The van der Waals surface area contributed by atoms with E-state index in [1.165, 1.54) is 12.1 Å². The zero-order valence-electron chi connectivity index (χ0n) is 17.0. The van der Waals surface area contributed by atoms with E-state index in [1.807, 2.05) is 42.6 Å². The van der Waals surface area contributed by atoms with E-state index in [0.717, 1.165) is 34.5 Å². The number of nitrogens with one attached hydrogen (secondary N) is 1. The van der Waals surface area contributed by atoms with Crippen LogP contribution in [0.3, 0.4) is 0 Å². The number of halogens is 3. The van der Waals surface area contributed by atoms with Crippen molar-refractivity contribution in [3.8, 4) is 0 Å². The molecule has 0 atom stereocenters. The van der Waals surface area contributed by atoms with Gasteiger partial charge in [0.05, 0.1) is 22.1 Å². The summed E-state index contributed by atoms with van der Waals surface area (Å²) in [5.41, 5.74) is 2.23. The number of carbonyl (C=O) groups excluding carboxylic acids is 1. The molecular formula is C23H20F3N5O. The summed E-state index contributed by atoms with van der Waals surface area (Å²) in [4.78, 5) is 21.2. The monoisotopic (exact) mass is 439 g/mol. The van der Waals surface area contributed by atoms with Crippen LogP contribution in [0.15, 0.2) is 66.9 Å². The van der Waals surface area contributed by atoms with Gasteiger partial charge in [-0.25, -0.2) is 9.78 Å². The molecule has 2 aromatic carbocycles. The molecule has 0 saturated carbocycles. The molecule has 32 heavy (non-hydrogen) atoms. The van der Waals surface area contributed by atoms with Crippen molar-refractivity contribution in [3.05, 3.63) is 72.4 Å². The van der Waals surface area contributed by atoms with Crippen molar-refractivity contribution >= 4 is 34.1 Å². The fourth-order valence-corrected chi connectivity index (χ4v) is 4.04. The Morgan fingerprint density at radius 3 is 2.44 bits per heavy atom. The van der Waals surface area contributed by atoms with Crippen molar-refractivity contribution in [2.75, 3.05) is 36.4 Å². The number of fused-ring (bicyclic) bond motifs is 3. The van der Waals surface area contributed by atoms with Crippen molar-refractivity contribution in [2.24, 2.45) is 0 Å². The summed E-state index contributed by atoms with van der Waals surface area (Å²) < 4.78 is 40.8. The van der Waals surface area contributed by atoms with E-state index in [-0.39, 0.29) is 5.69 Å². The predicted octanol–water partition coefficient (Wildman–Crippen LogP) is 4.86. The quantitative estimate of drug-likeness (QED) is 0.485. The molecule has 0 unspecified atom stereocenters. The Bertz CT molecular complexity index is 1290. The first-order valence-corrected chi connectivity index (χ1v) is 10.2. The van der Waals surface area contributed by atoms with Crippen LogP contribution in [-0.4, -0.2) is 46.5 Å². The standard InChI is InChI=1S/C23H20F3N5O/c24-23(25,26)16-5-3-6-17(15-16)27-22(32)30-13-11-29(12-14-30)21-20-9-4-10-31(20)19-8-2-1-7-18(19)28-21/h1-10,15H,11-14H2,(H,27,32). The van der Waals surface area contributed by atoms with Crippen molar-refractivity contribution in [2.45, 2.75) is 6.18 Å². The molecule has 0 bridgehead atoms. The number of aromatic nitrogens is 2. The third-order valence-corrected chi connectivity index (χ3v) is 5.65. The maximum absolute atomic E-state index is 12.9. The first kappa shape index (κ1) is 20.2. The average molecular weight is 439 g/mol. The number of urea groups is 1. The summed E-state index contributed by atoms with van der Waals surface area (Å²) in [6.07, 6.45) is -2.45. The Hall–Kier alpha value is -3.75. The lowest BCUT2D eigenvalue weighted by Gasteiger charge is -2.35. The zero-order valence-corrected chi connectivity index (χ0v) is 17.0. The Balaban J connectivity index is 1.30. The van der Waals surface area contributed by atoms with E-state index in [4.69, 9.17) is 4.98 Å². The van der Waals surface area contributed by atoms with Gasteiger partial charge in [0.25, 0.3) is 0 Å². The summed E-state index contributed by atoms with van der Waals surface area (Å²) >= 11 is 0. The number of benzene rings is 2. The van der Waals surface area contributed by atoms with Crippen molar-refractivity contribution in [1.29, 1.82) is 0 Å². The molecule has 1 aliphatic heterocycles. The van der Waals surface area contributed by atoms with Gasteiger partial charge >= 0.3 is 12.2 Å². The first-order chi connectivity index (χ1) is 15.4. The normalized spacial score (nSPS) is 14.8. The number of amides is 2. The lowest BCUT2D eigenvalue weighted by molar-refractivity contribution is -0.137. The summed E-state index contributed by atoms with van der Waals surface area (Å²) in [5, 5.41) is 2.58. The molecule has 0 radical (unpaired) electrons. The van der Waals surface area contributed by atoms with E-state index in [0.29, 0.717) is 26.2 Å². The Morgan fingerprint density at radius 1 is 0.906 bits per heavy atom. The fourth-order valence-electron chi connectivity index (χ4n) is 4.04. The van der Waals surface area contributed by atoms with Gasteiger partial charge < -0.3 is 19.5 Å². The minimum absolute atomic E-state index is 0.123. The van der Waals surface area contributed by atoms with Crippen molar-refractivity contribution in [1.82, 2.24) is 14.3 Å². The van der Waals surface area contributed by atoms with Gasteiger partial charge in [-0.3, -0.25) is 0 Å². The molecule has 4 aromatic rings. The number of carbonyl (C=O) groups is 1. The summed E-state index contributed by atoms with van der Waals surface area (Å²) in [7, 11) is 0. The van der Waals surface area contributed by atoms with E-state index >= 15 is 0 Å². The topological polar surface area (TPSA) is 52.9 Å². The summed E-state index contributed by atoms with van der Waals surface area (Å²) in [5.74, 6) is 0.853. The molecule has 2 aromatic heterocycles. The highest BCUT2D eigenvalue weighted by molar-refractivity contribution is 5.90. The zero-order chi connectivity index (χ0) is 22.3. The molecule has 1 saturated heterocycles. The molecule has 1 aliphatic rings. The highest BCUT2D eigenvalue weighted by atomic mass is 19.4. The summed E-state index contributed by atoms with van der Waals surface area (Å²) in [6, 6.07) is 16.2. The largest absolute Gasteiger partial charge is 0.416 e. The van der Waals surface area contributed by atoms with Gasteiger partial charge in [-0.1, -0.05) is 18.2 Å². The van der Waals surface area contributed by atoms with Crippen LogP contribution >= 0.6 is 0 Å². The Labute approximate surface area is 181 Å². The minimum Gasteiger partial charge on any atom is -0.351 e. The van der Waals surface area contributed by atoms with Crippen LogP contribution in [0.2, 0.25) is 0 Å². The number of anilines is 2. The molecule has 0 spiro atoms. The van der Waals surface area contributed by atoms with Crippen LogP contribution in [0.25, 0.3) is 16.6 Å². The van der Waals surface area contributed by atoms with Crippen LogP contribution in [0, 0.1) is 0 Å². The Kier molecular flexibility index (Phi) is 4.88. The second-order valence-corrected chi connectivity index (χ2v) is 7.67. The van der Waals surface area contributed by atoms with Gasteiger partial charge in [0.2, 0.25) is 0 Å². The molecular weight excluding hydrogens is 419 g/mol. The number of hydrogen-bond acceptors (Lipinski definition) is 3. The van der Waals surface area contributed by atoms with Crippen LogP contribution in [0.4, 0.5) is 29.5 Å². The van der Waals surface area contributed by atoms with Crippen molar-refractivity contribution in [3.63, 3.8) is 0 Å². The van der Waals surface area contributed by atoms with Crippen LogP contribution < -0.4 is 10.2 Å². The number of para-hydroxylation sites is 2. The van der Waals surface area contributed by atoms with E-state index in [1.54, 1.807) is 4.90 Å². The molecule has 9 heteroatoms. The fraction of sp³-hybridized carbons (Fsp3) is 0.217. The third kappa shape index (κ3) is 3.70. The van der Waals surface area contributed by atoms with Gasteiger partial charge in [-0.05, 0) is 42.5 Å². The molecule has 6 nitrogen and oxygen atoms in total. The van der Waals surface area contributed by atoms with Gasteiger partial charge in [-0.2, -0.15) is 13.2 Å². The van der Waals surface area contributed by atoms with Crippen LogP contribution in [0.1, 0.15) is 5.56 Å². The molecule has 0 aliphatic carbocycles. The number of alkyl halides is 3. The van der Waals surface area contributed by atoms with Crippen LogP contribution in [-0.2, 0) is 6.18 Å². The second kappa shape index (κ2) is 7.74. The van der Waals surface area contributed by atoms with Gasteiger partial charge in [0.1, 0.15) is 0 Å². The number of rotatable bonds is 2. The number of piperazine rings is 1. The number of nitrogens with zero attached hydrogens (tertiary/aromatic N) is 4. The van der Waals surface area contributed by atoms with Gasteiger partial charge in [-0.15, -0.1) is 0 Å². The van der Waals surface area contributed by atoms with Gasteiger partial charge in [0, 0.05) is 38.1 Å². The highest BCUT2D eigenvalue weighted by Crippen LogP contribution is 2.31. The Morgan fingerprint density at radius 2 is 1.66 bits per heavy atom. The second-order valence-electron chi connectivity index (χ2n) is 7.67. The van der Waals surface area contributed by atoms with E-state index in [9.17, 15) is 18.0 Å². The lowest BCUT2D eigenvalue weighted by atomic mass is 10.2. The maximum Gasteiger partial charge on any atom is 0.416 e. The molecule has 1 N–H and O–H groups in total. The van der Waals surface area contributed by atoms with Gasteiger partial charge in [0.15, 0.2) is 5.82 Å².